The third-order valence-corrected chi connectivity index (χ3v) is 4.97. The zero-order valence-corrected chi connectivity index (χ0v) is 14.5. The van der Waals surface area contributed by atoms with E-state index in [-0.39, 0.29) is 23.8 Å². The number of hydrogen-bond donors (Lipinski definition) is 1. The van der Waals surface area contributed by atoms with Crippen LogP contribution >= 0.6 is 0 Å². The van der Waals surface area contributed by atoms with Gasteiger partial charge in [0.05, 0.1) is 0 Å². The van der Waals surface area contributed by atoms with Gasteiger partial charge in [-0.1, -0.05) is 48.0 Å². The van der Waals surface area contributed by atoms with Gasteiger partial charge in [-0.2, -0.15) is 0 Å². The summed E-state index contributed by atoms with van der Waals surface area (Å²) in [5, 5.41) is 3.03. The van der Waals surface area contributed by atoms with Crippen molar-refractivity contribution < 1.29 is 9.59 Å². The largest absolute Gasteiger partial charge is 0.340 e. The van der Waals surface area contributed by atoms with Crippen LogP contribution in [0.3, 0.4) is 0 Å². The Labute approximate surface area is 129 Å². The summed E-state index contributed by atoms with van der Waals surface area (Å²) in [5.74, 6) is 0.848. The lowest BCUT2D eigenvalue weighted by Crippen LogP contribution is -2.71. The Hall–Kier alpha value is -1.06. The number of carbonyl (C=O) groups is 2. The van der Waals surface area contributed by atoms with Crippen LogP contribution in [0.25, 0.3) is 0 Å². The second-order valence-electron chi connectivity index (χ2n) is 6.79. The fourth-order valence-electron chi connectivity index (χ4n) is 3.06. The fraction of sp³-hybridized carbons (Fsp3) is 0.882. The van der Waals surface area contributed by atoms with Crippen LogP contribution < -0.4 is 5.32 Å². The average Bonchev–Trinajstić information content (AvgIpc) is 2.46. The maximum Gasteiger partial charge on any atom is 0.248 e. The van der Waals surface area contributed by atoms with E-state index in [0.717, 1.165) is 12.8 Å². The second kappa shape index (κ2) is 7.28. The molecule has 1 aliphatic heterocycles. The lowest BCUT2D eigenvalue weighted by atomic mass is 9.83. The van der Waals surface area contributed by atoms with Crippen LogP contribution in [0.1, 0.15) is 67.2 Å². The number of hydrogen-bond acceptors (Lipinski definition) is 2. The Morgan fingerprint density at radius 2 is 1.71 bits per heavy atom. The van der Waals surface area contributed by atoms with E-state index in [0.29, 0.717) is 25.3 Å². The van der Waals surface area contributed by atoms with E-state index in [2.05, 4.69) is 33.0 Å². The van der Waals surface area contributed by atoms with Crippen molar-refractivity contribution in [1.29, 1.82) is 0 Å². The Morgan fingerprint density at radius 1 is 1.14 bits per heavy atom. The molecule has 4 heteroatoms. The monoisotopic (exact) mass is 296 g/mol. The molecule has 0 aromatic rings. The summed E-state index contributed by atoms with van der Waals surface area (Å²) in [4.78, 5) is 27.5. The van der Waals surface area contributed by atoms with Crippen molar-refractivity contribution in [1.82, 2.24) is 10.2 Å². The smallest absolute Gasteiger partial charge is 0.248 e. The van der Waals surface area contributed by atoms with Crippen molar-refractivity contribution in [3.8, 4) is 0 Å². The Morgan fingerprint density at radius 3 is 2.14 bits per heavy atom. The molecule has 0 aliphatic carbocycles. The van der Waals surface area contributed by atoms with Crippen molar-refractivity contribution in [3.05, 3.63) is 0 Å². The quantitative estimate of drug-likeness (QED) is 0.785. The van der Waals surface area contributed by atoms with Gasteiger partial charge in [0.15, 0.2) is 0 Å². The predicted molar refractivity (Wildman–Crippen MR) is 85.9 cm³/mol. The Kier molecular flexibility index (Phi) is 6.24. The lowest BCUT2D eigenvalue weighted by molar-refractivity contribution is -0.157. The molecule has 1 aliphatic rings. The minimum atomic E-state index is -0.696. The molecule has 0 aromatic carbocycles. The summed E-state index contributed by atoms with van der Waals surface area (Å²) in [7, 11) is 0. The van der Waals surface area contributed by atoms with Gasteiger partial charge in [-0.05, 0) is 31.1 Å². The van der Waals surface area contributed by atoms with E-state index in [1.54, 1.807) is 0 Å². The molecular weight excluding hydrogens is 264 g/mol. The molecule has 2 atom stereocenters. The van der Waals surface area contributed by atoms with E-state index in [9.17, 15) is 9.59 Å². The Bertz CT molecular complexity index is 375. The topological polar surface area (TPSA) is 49.4 Å². The molecular formula is C17H32N2O2. The van der Waals surface area contributed by atoms with Crippen molar-refractivity contribution in [2.45, 2.75) is 78.8 Å². The number of nitrogens with zero attached hydrogens (tertiary/aromatic N) is 1. The van der Waals surface area contributed by atoms with Gasteiger partial charge in [-0.15, -0.1) is 0 Å². The van der Waals surface area contributed by atoms with Crippen molar-refractivity contribution >= 4 is 11.8 Å². The summed E-state index contributed by atoms with van der Waals surface area (Å²) in [5.41, 5.74) is -0.696. The first-order chi connectivity index (χ1) is 9.82. The highest BCUT2D eigenvalue weighted by Crippen LogP contribution is 2.29. The molecule has 0 bridgehead atoms. The molecule has 1 fully saturated rings. The molecule has 1 rings (SSSR count). The fourth-order valence-corrected chi connectivity index (χ4v) is 3.06. The normalized spacial score (nSPS) is 23.4. The molecule has 2 amide bonds. The summed E-state index contributed by atoms with van der Waals surface area (Å²) >= 11 is 0. The molecule has 4 nitrogen and oxygen atoms in total. The van der Waals surface area contributed by atoms with Gasteiger partial charge in [0, 0.05) is 6.54 Å². The standard InChI is InChI=1S/C17H32N2O2/c1-7-13(6)14-15(20)18-17(8-2,9-3)16(21)19(14)11-10-12(4)5/h12-14H,7-11H2,1-6H3,(H,18,20). The van der Waals surface area contributed by atoms with Gasteiger partial charge in [0.1, 0.15) is 11.6 Å². The van der Waals surface area contributed by atoms with Crippen molar-refractivity contribution in [2.75, 3.05) is 6.54 Å². The molecule has 0 spiro atoms. The van der Waals surface area contributed by atoms with Gasteiger partial charge in [0.25, 0.3) is 0 Å². The number of nitrogens with one attached hydrogen (secondary N) is 1. The maximum atomic E-state index is 13.0. The molecule has 1 saturated heterocycles. The van der Waals surface area contributed by atoms with Crippen LogP contribution in [-0.4, -0.2) is 34.8 Å². The van der Waals surface area contributed by atoms with Crippen LogP contribution in [-0.2, 0) is 9.59 Å². The van der Waals surface area contributed by atoms with Gasteiger partial charge < -0.3 is 10.2 Å². The van der Waals surface area contributed by atoms with Gasteiger partial charge in [-0.3, -0.25) is 9.59 Å². The molecule has 122 valence electrons. The minimum Gasteiger partial charge on any atom is -0.340 e. The van der Waals surface area contributed by atoms with Gasteiger partial charge in [0.2, 0.25) is 11.8 Å². The Balaban J connectivity index is 3.10. The van der Waals surface area contributed by atoms with Crippen LogP contribution in [0.2, 0.25) is 0 Å². The zero-order valence-electron chi connectivity index (χ0n) is 14.5. The summed E-state index contributed by atoms with van der Waals surface area (Å²) in [6, 6.07) is -0.313. The molecule has 1 heterocycles. The van der Waals surface area contributed by atoms with E-state index in [1.165, 1.54) is 0 Å². The first kappa shape index (κ1) is 18.0. The third-order valence-electron chi connectivity index (χ3n) is 4.97. The molecule has 1 N–H and O–H groups in total. The number of piperazine rings is 1. The molecule has 0 saturated carbocycles. The van der Waals surface area contributed by atoms with Gasteiger partial charge in [-0.25, -0.2) is 0 Å². The van der Waals surface area contributed by atoms with E-state index >= 15 is 0 Å². The number of carbonyl (C=O) groups excluding carboxylic acids is 2. The van der Waals surface area contributed by atoms with Crippen molar-refractivity contribution in [3.63, 3.8) is 0 Å². The predicted octanol–water partition coefficient (Wildman–Crippen LogP) is 2.96. The minimum absolute atomic E-state index is 0.0245. The lowest BCUT2D eigenvalue weighted by Gasteiger charge is -2.47. The highest BCUT2D eigenvalue weighted by Gasteiger charge is 2.49. The zero-order chi connectivity index (χ0) is 16.2. The summed E-state index contributed by atoms with van der Waals surface area (Å²) < 4.78 is 0. The highest BCUT2D eigenvalue weighted by atomic mass is 16.2. The summed E-state index contributed by atoms with van der Waals surface area (Å²) in [6.07, 6.45) is 3.14. The summed E-state index contributed by atoms with van der Waals surface area (Å²) in [6.45, 7) is 13.1. The second-order valence-corrected chi connectivity index (χ2v) is 6.79. The molecule has 2 unspecified atom stereocenters. The van der Waals surface area contributed by atoms with Crippen LogP contribution in [0.5, 0.6) is 0 Å². The first-order valence-corrected chi connectivity index (χ1v) is 8.46. The molecule has 0 radical (unpaired) electrons. The van der Waals surface area contributed by atoms with Gasteiger partial charge >= 0.3 is 0 Å². The van der Waals surface area contributed by atoms with E-state index in [4.69, 9.17) is 0 Å². The first-order valence-electron chi connectivity index (χ1n) is 8.46. The van der Waals surface area contributed by atoms with Crippen LogP contribution in [0.4, 0.5) is 0 Å². The maximum absolute atomic E-state index is 13.0. The van der Waals surface area contributed by atoms with Crippen LogP contribution in [0.15, 0.2) is 0 Å². The molecule has 0 aromatic heterocycles. The van der Waals surface area contributed by atoms with E-state index in [1.807, 2.05) is 18.7 Å². The number of amides is 2. The van der Waals surface area contributed by atoms with Crippen molar-refractivity contribution in [2.24, 2.45) is 11.8 Å². The number of rotatable bonds is 7. The average molecular weight is 296 g/mol. The highest BCUT2D eigenvalue weighted by molar-refractivity contribution is 5.99. The third kappa shape index (κ3) is 3.58. The molecule has 21 heavy (non-hydrogen) atoms. The van der Waals surface area contributed by atoms with E-state index < -0.39 is 5.54 Å². The SMILES string of the molecule is CCC(C)C1C(=O)NC(CC)(CC)C(=O)N1CCC(C)C. The van der Waals surface area contributed by atoms with Crippen LogP contribution in [0, 0.1) is 11.8 Å².